The van der Waals surface area contributed by atoms with E-state index in [0.29, 0.717) is 25.3 Å². The molecule has 0 radical (unpaired) electrons. The number of hydrogen-bond donors (Lipinski definition) is 1. The number of nitrogens with zero attached hydrogens (tertiary/aromatic N) is 3. The summed E-state index contributed by atoms with van der Waals surface area (Å²) in [6, 6.07) is 1.39. The van der Waals surface area contributed by atoms with E-state index in [1.165, 1.54) is 4.90 Å². The molecule has 1 saturated heterocycles. The van der Waals surface area contributed by atoms with Crippen molar-refractivity contribution in [2.75, 3.05) is 38.2 Å². The molecule has 1 rings (SSSR count). The topological polar surface area (TPSA) is 84.6 Å². The van der Waals surface area contributed by atoms with Crippen molar-refractivity contribution in [2.45, 2.75) is 12.5 Å². The Bertz CT molecular complexity index is 356. The summed E-state index contributed by atoms with van der Waals surface area (Å²) in [5.74, 6) is 0.349. The van der Waals surface area contributed by atoms with Crippen molar-refractivity contribution in [3.8, 4) is 6.07 Å². The average Bonchev–Trinajstić information content (AvgIpc) is 2.36. The maximum absolute atomic E-state index is 11.9. The van der Waals surface area contributed by atoms with Gasteiger partial charge in [0, 0.05) is 31.6 Å². The Hall–Kier alpha value is -1.26. The van der Waals surface area contributed by atoms with Crippen molar-refractivity contribution >= 4 is 23.6 Å². The van der Waals surface area contributed by atoms with Crippen molar-refractivity contribution < 1.29 is 14.7 Å². The molecule has 0 aromatic rings. The lowest BCUT2D eigenvalue weighted by molar-refractivity contribution is -0.143. The molecule has 18 heavy (non-hydrogen) atoms. The van der Waals surface area contributed by atoms with Crippen LogP contribution in [0.1, 0.15) is 6.42 Å². The van der Waals surface area contributed by atoms with E-state index in [1.54, 1.807) is 23.7 Å². The molecule has 100 valence electrons. The third-order valence-corrected chi connectivity index (χ3v) is 3.87. The number of aliphatic carboxylic acids is 1. The molecule has 1 aliphatic heterocycles. The van der Waals surface area contributed by atoms with Crippen LogP contribution < -0.4 is 0 Å². The van der Waals surface area contributed by atoms with Gasteiger partial charge in [-0.3, -0.25) is 14.5 Å². The molecule has 0 aliphatic carbocycles. The summed E-state index contributed by atoms with van der Waals surface area (Å²) in [6.07, 6.45) is 0.292. The fourth-order valence-electron chi connectivity index (χ4n) is 1.69. The lowest BCUT2D eigenvalue weighted by Gasteiger charge is -2.32. The predicted octanol–water partition coefficient (Wildman–Crippen LogP) is -0.140. The number of rotatable bonds is 5. The van der Waals surface area contributed by atoms with Gasteiger partial charge in [0.05, 0.1) is 19.0 Å². The normalized spacial score (nSPS) is 20.1. The molecule has 0 bridgehead atoms. The van der Waals surface area contributed by atoms with Crippen molar-refractivity contribution in [1.82, 2.24) is 9.80 Å². The summed E-state index contributed by atoms with van der Waals surface area (Å²) in [5.41, 5.74) is 0. The van der Waals surface area contributed by atoms with Gasteiger partial charge >= 0.3 is 5.97 Å². The zero-order valence-corrected chi connectivity index (χ0v) is 11.2. The number of carboxylic acid groups (broad SMARTS) is 1. The van der Waals surface area contributed by atoms with Crippen LogP contribution in [0.4, 0.5) is 0 Å². The first-order valence-corrected chi connectivity index (χ1v) is 6.87. The molecular weight excluding hydrogens is 254 g/mol. The zero-order chi connectivity index (χ0) is 13.5. The third kappa shape index (κ3) is 4.20. The number of amides is 1. The number of carbonyl (C=O) groups excluding carboxylic acids is 1. The van der Waals surface area contributed by atoms with Gasteiger partial charge in [0.1, 0.15) is 6.04 Å². The summed E-state index contributed by atoms with van der Waals surface area (Å²) >= 11 is 1.59. The standard InChI is InChI=1S/C11H17N3O3S/c1-13(4-2-3-12)10(15)7-14-5-6-18-8-9(14)11(16)17/h9H,2,4-8H2,1H3,(H,16,17). The number of hydrogen-bond acceptors (Lipinski definition) is 5. The van der Waals surface area contributed by atoms with Crippen LogP contribution in [-0.2, 0) is 9.59 Å². The van der Waals surface area contributed by atoms with Gasteiger partial charge in [-0.15, -0.1) is 0 Å². The molecule has 0 saturated carbocycles. The van der Waals surface area contributed by atoms with E-state index in [2.05, 4.69) is 0 Å². The Morgan fingerprint density at radius 2 is 2.33 bits per heavy atom. The summed E-state index contributed by atoms with van der Waals surface area (Å²) < 4.78 is 0. The Balaban J connectivity index is 2.51. The minimum absolute atomic E-state index is 0.111. The Labute approximate surface area is 111 Å². The van der Waals surface area contributed by atoms with E-state index in [0.717, 1.165) is 5.75 Å². The van der Waals surface area contributed by atoms with Crippen molar-refractivity contribution in [2.24, 2.45) is 0 Å². The largest absolute Gasteiger partial charge is 0.480 e. The molecule has 1 atom stereocenters. The SMILES string of the molecule is CN(CCC#N)C(=O)CN1CCSCC1C(=O)O. The van der Waals surface area contributed by atoms with Gasteiger partial charge in [-0.1, -0.05) is 0 Å². The second-order valence-corrected chi connectivity index (χ2v) is 5.27. The monoisotopic (exact) mass is 271 g/mol. The molecule has 1 heterocycles. The van der Waals surface area contributed by atoms with E-state index < -0.39 is 12.0 Å². The Morgan fingerprint density at radius 3 is 2.94 bits per heavy atom. The van der Waals surface area contributed by atoms with Crippen molar-refractivity contribution in [3.63, 3.8) is 0 Å². The van der Waals surface area contributed by atoms with Crippen LogP contribution in [0.3, 0.4) is 0 Å². The van der Waals surface area contributed by atoms with Gasteiger partial charge in [0.15, 0.2) is 0 Å². The molecule has 0 aromatic carbocycles. The molecule has 1 aliphatic rings. The third-order valence-electron chi connectivity index (χ3n) is 2.85. The van der Waals surface area contributed by atoms with E-state index in [-0.39, 0.29) is 12.5 Å². The second kappa shape index (κ2) is 7.24. The zero-order valence-electron chi connectivity index (χ0n) is 10.3. The maximum Gasteiger partial charge on any atom is 0.321 e. The van der Waals surface area contributed by atoms with Crippen LogP contribution in [-0.4, -0.2) is 71.0 Å². The molecule has 1 unspecified atom stereocenters. The molecular formula is C11H17N3O3S. The van der Waals surface area contributed by atoms with E-state index in [1.807, 2.05) is 6.07 Å². The van der Waals surface area contributed by atoms with Gasteiger partial charge in [0.25, 0.3) is 0 Å². The van der Waals surface area contributed by atoms with Crippen LogP contribution in [0.25, 0.3) is 0 Å². The summed E-state index contributed by atoms with van der Waals surface area (Å²) in [6.45, 7) is 1.11. The molecule has 7 heteroatoms. The van der Waals surface area contributed by atoms with E-state index >= 15 is 0 Å². The molecule has 0 spiro atoms. The predicted molar refractivity (Wildman–Crippen MR) is 68.2 cm³/mol. The summed E-state index contributed by atoms with van der Waals surface area (Å²) in [5, 5.41) is 17.5. The smallest absolute Gasteiger partial charge is 0.321 e. The number of nitriles is 1. The van der Waals surface area contributed by atoms with Crippen molar-refractivity contribution in [1.29, 1.82) is 5.26 Å². The van der Waals surface area contributed by atoms with Crippen LogP contribution in [0.15, 0.2) is 0 Å². The van der Waals surface area contributed by atoms with Gasteiger partial charge in [-0.25, -0.2) is 0 Å². The number of carboxylic acids is 1. The summed E-state index contributed by atoms with van der Waals surface area (Å²) in [4.78, 5) is 26.1. The highest BCUT2D eigenvalue weighted by atomic mass is 32.2. The fraction of sp³-hybridized carbons (Fsp3) is 0.727. The Kier molecular flexibility index (Phi) is 5.95. The number of carbonyl (C=O) groups is 2. The van der Waals surface area contributed by atoms with Crippen LogP contribution in [0.2, 0.25) is 0 Å². The highest BCUT2D eigenvalue weighted by Crippen LogP contribution is 2.16. The van der Waals surface area contributed by atoms with Crippen LogP contribution in [0.5, 0.6) is 0 Å². The first-order valence-electron chi connectivity index (χ1n) is 5.71. The van der Waals surface area contributed by atoms with E-state index in [9.17, 15) is 9.59 Å². The Morgan fingerprint density at radius 1 is 1.61 bits per heavy atom. The van der Waals surface area contributed by atoms with Crippen LogP contribution in [0, 0.1) is 11.3 Å². The molecule has 1 fully saturated rings. The first kappa shape index (κ1) is 14.8. The van der Waals surface area contributed by atoms with Gasteiger partial charge < -0.3 is 10.0 Å². The average molecular weight is 271 g/mol. The maximum atomic E-state index is 11.9. The lowest BCUT2D eigenvalue weighted by Crippen LogP contribution is -2.51. The first-order chi connectivity index (χ1) is 8.56. The molecule has 1 amide bonds. The molecule has 0 aromatic heterocycles. The number of thioether (sulfide) groups is 1. The molecule has 6 nitrogen and oxygen atoms in total. The molecule has 1 N–H and O–H groups in total. The number of likely N-dealkylation sites (N-methyl/N-ethyl adjacent to an activating group) is 1. The van der Waals surface area contributed by atoms with E-state index in [4.69, 9.17) is 10.4 Å². The lowest BCUT2D eigenvalue weighted by atomic mass is 10.2. The highest BCUT2D eigenvalue weighted by Gasteiger charge is 2.30. The minimum atomic E-state index is -0.880. The quantitative estimate of drug-likeness (QED) is 0.749. The highest BCUT2D eigenvalue weighted by molar-refractivity contribution is 7.99. The van der Waals surface area contributed by atoms with Gasteiger partial charge in [0.2, 0.25) is 5.91 Å². The summed E-state index contributed by atoms with van der Waals surface area (Å²) in [7, 11) is 1.63. The van der Waals surface area contributed by atoms with Gasteiger partial charge in [-0.05, 0) is 0 Å². The minimum Gasteiger partial charge on any atom is -0.480 e. The second-order valence-electron chi connectivity index (χ2n) is 4.12. The van der Waals surface area contributed by atoms with Gasteiger partial charge in [-0.2, -0.15) is 17.0 Å². The van der Waals surface area contributed by atoms with Crippen molar-refractivity contribution in [3.05, 3.63) is 0 Å². The van der Waals surface area contributed by atoms with Crippen LogP contribution >= 0.6 is 11.8 Å². The fourth-order valence-corrected chi connectivity index (χ4v) is 2.80.